The Bertz CT molecular complexity index is 1180. The summed E-state index contributed by atoms with van der Waals surface area (Å²) in [5.41, 5.74) is 2.15. The fourth-order valence-electron chi connectivity index (χ4n) is 2.96. The number of anilines is 3. The van der Waals surface area contributed by atoms with E-state index < -0.39 is 11.4 Å². The van der Waals surface area contributed by atoms with Crippen LogP contribution in [0.1, 0.15) is 0 Å². The molecule has 0 saturated carbocycles. The summed E-state index contributed by atoms with van der Waals surface area (Å²) in [5.74, 6) is 0.0736. The molecule has 0 spiro atoms. The summed E-state index contributed by atoms with van der Waals surface area (Å²) in [6.07, 6.45) is 6.18. The number of H-pyrrole nitrogens is 2. The average Bonchev–Trinajstić information content (AvgIpc) is 3.13. The van der Waals surface area contributed by atoms with Crippen LogP contribution in [0.2, 0.25) is 0 Å². The standard InChI is InChI=1S/C19H17FN6O/c1-26(2)18-16(24-15-5-8-23-17-11(15)3-7-22-17)9-12(19(27)25-18)13-10-21-6-4-14(13)20/h3-10H,1-2H3,(H,25,27)(H2,22,23,24). The van der Waals surface area contributed by atoms with E-state index in [1.807, 2.05) is 26.2 Å². The predicted octanol–water partition coefficient (Wildman–Crippen LogP) is 3.26. The van der Waals surface area contributed by atoms with Gasteiger partial charge in [0.05, 0.1) is 16.9 Å². The Kier molecular flexibility index (Phi) is 4.08. The smallest absolute Gasteiger partial charge is 0.257 e. The number of rotatable bonds is 4. The summed E-state index contributed by atoms with van der Waals surface area (Å²) in [4.78, 5) is 28.4. The molecule has 0 unspecified atom stereocenters. The molecule has 4 aromatic rings. The van der Waals surface area contributed by atoms with E-state index in [0.717, 1.165) is 16.7 Å². The van der Waals surface area contributed by atoms with Crippen molar-refractivity contribution in [2.45, 2.75) is 0 Å². The predicted molar refractivity (Wildman–Crippen MR) is 104 cm³/mol. The molecule has 8 heteroatoms. The van der Waals surface area contributed by atoms with Crippen LogP contribution in [0, 0.1) is 5.82 Å². The van der Waals surface area contributed by atoms with Gasteiger partial charge < -0.3 is 20.2 Å². The summed E-state index contributed by atoms with van der Waals surface area (Å²) in [6, 6.07) is 6.61. The van der Waals surface area contributed by atoms with Crippen molar-refractivity contribution in [1.29, 1.82) is 0 Å². The number of aromatic nitrogens is 4. The summed E-state index contributed by atoms with van der Waals surface area (Å²) in [7, 11) is 3.64. The number of halogens is 1. The van der Waals surface area contributed by atoms with Crippen LogP contribution in [0.3, 0.4) is 0 Å². The first-order valence-electron chi connectivity index (χ1n) is 8.28. The Labute approximate surface area is 153 Å². The highest BCUT2D eigenvalue weighted by Crippen LogP contribution is 2.31. The van der Waals surface area contributed by atoms with Gasteiger partial charge in [0.2, 0.25) is 0 Å². The number of aromatic amines is 2. The van der Waals surface area contributed by atoms with E-state index in [1.54, 1.807) is 23.4 Å². The van der Waals surface area contributed by atoms with Crippen molar-refractivity contribution in [2.75, 3.05) is 24.3 Å². The van der Waals surface area contributed by atoms with Crippen LogP contribution < -0.4 is 15.8 Å². The fraction of sp³-hybridized carbons (Fsp3) is 0.105. The van der Waals surface area contributed by atoms with Crippen molar-refractivity contribution in [2.24, 2.45) is 0 Å². The van der Waals surface area contributed by atoms with Gasteiger partial charge in [-0.15, -0.1) is 0 Å². The second-order valence-corrected chi connectivity index (χ2v) is 6.25. The second kappa shape index (κ2) is 6.56. The van der Waals surface area contributed by atoms with Crippen LogP contribution in [0.25, 0.3) is 22.2 Å². The lowest BCUT2D eigenvalue weighted by atomic mass is 10.1. The molecule has 3 N–H and O–H groups in total. The van der Waals surface area contributed by atoms with E-state index in [4.69, 9.17) is 0 Å². The van der Waals surface area contributed by atoms with Gasteiger partial charge in [-0.05, 0) is 24.3 Å². The van der Waals surface area contributed by atoms with Gasteiger partial charge in [0.25, 0.3) is 5.56 Å². The molecule has 4 heterocycles. The molecule has 0 bridgehead atoms. The molecule has 0 saturated heterocycles. The minimum Gasteiger partial charge on any atom is -0.362 e. The third-order valence-electron chi connectivity index (χ3n) is 4.26. The third kappa shape index (κ3) is 3.01. The molecule has 0 aromatic carbocycles. The minimum absolute atomic E-state index is 0.147. The largest absolute Gasteiger partial charge is 0.362 e. The van der Waals surface area contributed by atoms with E-state index in [-0.39, 0.29) is 11.1 Å². The molecule has 0 amide bonds. The monoisotopic (exact) mass is 364 g/mol. The molecular weight excluding hydrogens is 347 g/mol. The van der Waals surface area contributed by atoms with Crippen molar-refractivity contribution in [1.82, 2.24) is 19.9 Å². The second-order valence-electron chi connectivity index (χ2n) is 6.25. The minimum atomic E-state index is -0.504. The highest BCUT2D eigenvalue weighted by molar-refractivity contribution is 5.92. The molecule has 4 aromatic heterocycles. The zero-order valence-electron chi connectivity index (χ0n) is 14.7. The highest BCUT2D eigenvalue weighted by atomic mass is 19.1. The normalized spacial score (nSPS) is 10.9. The van der Waals surface area contributed by atoms with Crippen molar-refractivity contribution in [3.8, 4) is 11.1 Å². The lowest BCUT2D eigenvalue weighted by Gasteiger charge is -2.19. The Morgan fingerprint density at radius 3 is 2.74 bits per heavy atom. The molecule has 136 valence electrons. The van der Waals surface area contributed by atoms with E-state index >= 15 is 0 Å². The van der Waals surface area contributed by atoms with Gasteiger partial charge in [-0.3, -0.25) is 9.78 Å². The first-order chi connectivity index (χ1) is 13.0. The van der Waals surface area contributed by atoms with Crippen molar-refractivity contribution >= 4 is 28.2 Å². The van der Waals surface area contributed by atoms with Crippen LogP contribution >= 0.6 is 0 Å². The summed E-state index contributed by atoms with van der Waals surface area (Å²) < 4.78 is 14.2. The van der Waals surface area contributed by atoms with Gasteiger partial charge in [-0.1, -0.05) is 0 Å². The molecule has 0 fully saturated rings. The van der Waals surface area contributed by atoms with Crippen molar-refractivity contribution in [3.05, 3.63) is 65.2 Å². The maximum Gasteiger partial charge on any atom is 0.257 e. The van der Waals surface area contributed by atoms with Crippen molar-refractivity contribution < 1.29 is 4.39 Å². The number of pyridine rings is 3. The summed E-state index contributed by atoms with van der Waals surface area (Å²) in [5, 5.41) is 4.23. The van der Waals surface area contributed by atoms with Crippen molar-refractivity contribution in [3.63, 3.8) is 0 Å². The Balaban J connectivity index is 1.88. The van der Waals surface area contributed by atoms with Gasteiger partial charge in [-0.2, -0.15) is 0 Å². The molecule has 0 radical (unpaired) electrons. The van der Waals surface area contributed by atoms with E-state index in [9.17, 15) is 9.18 Å². The highest BCUT2D eigenvalue weighted by Gasteiger charge is 2.16. The molecule has 0 aliphatic rings. The van der Waals surface area contributed by atoms with Crippen LogP contribution in [0.15, 0.2) is 53.8 Å². The summed E-state index contributed by atoms with van der Waals surface area (Å²) in [6.45, 7) is 0. The molecule has 7 nitrogen and oxygen atoms in total. The van der Waals surface area contributed by atoms with Crippen LogP contribution in [0.5, 0.6) is 0 Å². The molecule has 4 rings (SSSR count). The lowest BCUT2D eigenvalue weighted by molar-refractivity contribution is 0.629. The van der Waals surface area contributed by atoms with E-state index in [1.165, 1.54) is 18.5 Å². The third-order valence-corrected chi connectivity index (χ3v) is 4.26. The maximum absolute atomic E-state index is 14.2. The summed E-state index contributed by atoms with van der Waals surface area (Å²) >= 11 is 0. The molecule has 0 aliphatic carbocycles. The quantitative estimate of drug-likeness (QED) is 0.517. The lowest BCUT2D eigenvalue weighted by Crippen LogP contribution is -2.20. The Morgan fingerprint density at radius 2 is 1.96 bits per heavy atom. The average molecular weight is 364 g/mol. The molecule has 0 atom stereocenters. The first-order valence-corrected chi connectivity index (χ1v) is 8.28. The van der Waals surface area contributed by atoms with Crippen LogP contribution in [0.4, 0.5) is 21.6 Å². The number of hydrogen-bond acceptors (Lipinski definition) is 5. The van der Waals surface area contributed by atoms with E-state index in [2.05, 4.69) is 25.3 Å². The zero-order valence-corrected chi connectivity index (χ0v) is 14.7. The Morgan fingerprint density at radius 1 is 1.11 bits per heavy atom. The molecule has 27 heavy (non-hydrogen) atoms. The fourth-order valence-corrected chi connectivity index (χ4v) is 2.96. The van der Waals surface area contributed by atoms with Gasteiger partial charge in [0, 0.05) is 49.8 Å². The Hall–Kier alpha value is -3.68. The van der Waals surface area contributed by atoms with Gasteiger partial charge in [-0.25, -0.2) is 9.37 Å². The number of nitrogens with zero attached hydrogens (tertiary/aromatic N) is 3. The SMILES string of the molecule is CN(C)c1[nH]c(=O)c(-c2cnccc2F)cc1Nc1ccnc2[nH]ccc12. The topological polar surface area (TPSA) is 89.7 Å². The zero-order chi connectivity index (χ0) is 19.0. The van der Waals surface area contributed by atoms with Crippen LogP contribution in [-0.2, 0) is 0 Å². The first kappa shape index (κ1) is 16.8. The number of fused-ring (bicyclic) bond motifs is 1. The molecule has 0 aliphatic heterocycles. The molecular formula is C19H17FN6O. The number of hydrogen-bond donors (Lipinski definition) is 3. The van der Waals surface area contributed by atoms with Crippen LogP contribution in [-0.4, -0.2) is 34.0 Å². The van der Waals surface area contributed by atoms with Gasteiger partial charge in [0.15, 0.2) is 0 Å². The maximum atomic E-state index is 14.2. The van der Waals surface area contributed by atoms with Gasteiger partial charge >= 0.3 is 0 Å². The van der Waals surface area contributed by atoms with E-state index in [0.29, 0.717) is 11.5 Å². The van der Waals surface area contributed by atoms with Gasteiger partial charge in [0.1, 0.15) is 17.3 Å². The number of nitrogens with one attached hydrogen (secondary N) is 3.